The molecule has 2 rings (SSSR count). The van der Waals surface area contributed by atoms with Gasteiger partial charge in [0.2, 0.25) is 5.96 Å². The van der Waals surface area contributed by atoms with Crippen LogP contribution in [0.15, 0.2) is 28.3 Å². The molecule has 3 N–H and O–H groups in total. The van der Waals surface area contributed by atoms with Crippen LogP contribution >= 0.6 is 23.2 Å². The van der Waals surface area contributed by atoms with Crippen LogP contribution in [-0.4, -0.2) is 11.7 Å². The molecule has 0 saturated heterocycles. The summed E-state index contributed by atoms with van der Waals surface area (Å²) < 4.78 is 0. The molecule has 1 aromatic carbocycles. The third-order valence-corrected chi connectivity index (χ3v) is 4.04. The molecule has 1 aromatic rings. The van der Waals surface area contributed by atoms with Crippen LogP contribution < -0.4 is 11.2 Å². The standard InChI is InChI=1S/C15H20Cl2N4/c16-12-9-6-10-13(17)14(12)19-15(18)21-20-11-7-4-2-1-3-5-8-11/h6,9-10H,1-5,7-8H2,(H3,18,19,21). The van der Waals surface area contributed by atoms with Gasteiger partial charge in [-0.05, 0) is 37.8 Å². The largest absolute Gasteiger partial charge is 0.368 e. The summed E-state index contributed by atoms with van der Waals surface area (Å²) in [4.78, 5) is 4.20. The fourth-order valence-corrected chi connectivity index (χ4v) is 2.78. The minimum atomic E-state index is 0.194. The molecule has 0 unspecified atom stereocenters. The molecule has 0 radical (unpaired) electrons. The molecule has 0 heterocycles. The number of benzene rings is 1. The molecule has 0 bridgehead atoms. The highest BCUT2D eigenvalue weighted by Gasteiger charge is 2.06. The molecule has 1 aliphatic carbocycles. The van der Waals surface area contributed by atoms with Crippen molar-refractivity contribution in [3.8, 4) is 0 Å². The Labute approximate surface area is 135 Å². The number of rotatable bonds is 2. The van der Waals surface area contributed by atoms with E-state index in [2.05, 4.69) is 15.5 Å². The minimum absolute atomic E-state index is 0.194. The van der Waals surface area contributed by atoms with Crippen molar-refractivity contribution < 1.29 is 0 Å². The Kier molecular flexibility index (Phi) is 6.33. The second-order valence-corrected chi connectivity index (χ2v) is 5.94. The topological polar surface area (TPSA) is 62.8 Å². The maximum absolute atomic E-state index is 6.05. The first-order chi connectivity index (χ1) is 10.2. The van der Waals surface area contributed by atoms with Gasteiger partial charge >= 0.3 is 0 Å². The van der Waals surface area contributed by atoms with E-state index < -0.39 is 0 Å². The predicted octanol–water partition coefficient (Wildman–Crippen LogP) is 4.63. The normalized spacial score (nSPS) is 17.0. The molecule has 0 amide bonds. The number of halogens is 2. The van der Waals surface area contributed by atoms with Crippen molar-refractivity contribution in [1.82, 2.24) is 5.43 Å². The first-order valence-electron chi connectivity index (χ1n) is 7.26. The van der Waals surface area contributed by atoms with E-state index in [1.807, 2.05) is 0 Å². The second kappa shape index (κ2) is 8.25. The first-order valence-corrected chi connectivity index (χ1v) is 8.02. The van der Waals surface area contributed by atoms with Crippen molar-refractivity contribution in [2.45, 2.75) is 44.9 Å². The van der Waals surface area contributed by atoms with Gasteiger partial charge < -0.3 is 5.73 Å². The molecular weight excluding hydrogens is 307 g/mol. The van der Waals surface area contributed by atoms with E-state index in [1.165, 1.54) is 32.1 Å². The van der Waals surface area contributed by atoms with Crippen LogP contribution in [0.4, 0.5) is 5.69 Å². The van der Waals surface area contributed by atoms with Crippen molar-refractivity contribution in [3.05, 3.63) is 28.2 Å². The molecule has 1 fully saturated rings. The third-order valence-electron chi connectivity index (χ3n) is 3.43. The molecule has 4 nitrogen and oxygen atoms in total. The van der Waals surface area contributed by atoms with Crippen LogP contribution in [0.3, 0.4) is 0 Å². The maximum atomic E-state index is 6.05. The highest BCUT2D eigenvalue weighted by atomic mass is 35.5. The lowest BCUT2D eigenvalue weighted by Gasteiger charge is -2.11. The number of aliphatic imine (C=N–C) groups is 1. The van der Waals surface area contributed by atoms with Gasteiger partial charge in [-0.3, -0.25) is 0 Å². The summed E-state index contributed by atoms with van der Waals surface area (Å²) in [5.74, 6) is 0.194. The van der Waals surface area contributed by atoms with E-state index in [1.54, 1.807) is 18.2 Å². The highest BCUT2D eigenvalue weighted by molar-refractivity contribution is 6.38. The van der Waals surface area contributed by atoms with Crippen LogP contribution in [0.25, 0.3) is 0 Å². The molecule has 0 spiro atoms. The molecule has 6 heteroatoms. The zero-order valence-electron chi connectivity index (χ0n) is 11.9. The summed E-state index contributed by atoms with van der Waals surface area (Å²) in [6.45, 7) is 0. The van der Waals surface area contributed by atoms with Crippen molar-refractivity contribution >= 4 is 40.6 Å². The molecule has 0 atom stereocenters. The molecule has 1 aliphatic rings. The van der Waals surface area contributed by atoms with Gasteiger partial charge in [-0.2, -0.15) is 5.10 Å². The van der Waals surface area contributed by atoms with Gasteiger partial charge in [0, 0.05) is 5.71 Å². The van der Waals surface area contributed by atoms with Gasteiger partial charge in [-0.25, -0.2) is 10.4 Å². The van der Waals surface area contributed by atoms with E-state index in [4.69, 9.17) is 28.9 Å². The molecular formula is C15H20Cl2N4. The van der Waals surface area contributed by atoms with Crippen LogP contribution in [0.5, 0.6) is 0 Å². The van der Waals surface area contributed by atoms with Gasteiger partial charge in [0.15, 0.2) is 0 Å². The lowest BCUT2D eigenvalue weighted by molar-refractivity contribution is 0.604. The lowest BCUT2D eigenvalue weighted by atomic mass is 9.99. The number of nitrogens with one attached hydrogen (secondary N) is 1. The Bertz CT molecular complexity index is 510. The minimum Gasteiger partial charge on any atom is -0.368 e. The monoisotopic (exact) mass is 326 g/mol. The van der Waals surface area contributed by atoms with Crippen LogP contribution in [-0.2, 0) is 0 Å². The van der Waals surface area contributed by atoms with E-state index in [-0.39, 0.29) is 5.96 Å². The fourth-order valence-electron chi connectivity index (χ4n) is 2.30. The van der Waals surface area contributed by atoms with Crippen molar-refractivity contribution in [2.24, 2.45) is 15.8 Å². The number of hydrogen-bond acceptors (Lipinski definition) is 2. The van der Waals surface area contributed by atoms with Crippen LogP contribution in [0.1, 0.15) is 44.9 Å². The molecule has 1 saturated carbocycles. The lowest BCUT2D eigenvalue weighted by Crippen LogP contribution is -2.28. The number of nitrogens with zero attached hydrogens (tertiary/aromatic N) is 2. The molecule has 114 valence electrons. The van der Waals surface area contributed by atoms with Gasteiger partial charge in [0.05, 0.1) is 10.0 Å². The maximum Gasteiger partial charge on any atom is 0.214 e. The van der Waals surface area contributed by atoms with Crippen molar-refractivity contribution in [1.29, 1.82) is 0 Å². The number of nitrogens with two attached hydrogens (primary N) is 1. The summed E-state index contributed by atoms with van der Waals surface area (Å²) in [7, 11) is 0. The number of guanidine groups is 1. The fraction of sp³-hybridized carbons (Fsp3) is 0.467. The number of para-hydroxylation sites is 1. The summed E-state index contributed by atoms with van der Waals surface area (Å²) in [5.41, 5.74) is 10.3. The Morgan fingerprint density at radius 1 is 1.00 bits per heavy atom. The average Bonchev–Trinajstić information content (AvgIpc) is 2.42. The second-order valence-electron chi connectivity index (χ2n) is 5.12. The zero-order valence-corrected chi connectivity index (χ0v) is 13.4. The first kappa shape index (κ1) is 16.1. The SMILES string of the molecule is NC(=Nc1c(Cl)cccc1Cl)NN=C1CCCCCCC1. The zero-order chi connectivity index (χ0) is 15.1. The predicted molar refractivity (Wildman–Crippen MR) is 90.6 cm³/mol. The number of hydrazone groups is 1. The Morgan fingerprint density at radius 2 is 1.57 bits per heavy atom. The van der Waals surface area contributed by atoms with Gasteiger partial charge in [-0.15, -0.1) is 0 Å². The van der Waals surface area contributed by atoms with Crippen molar-refractivity contribution in [3.63, 3.8) is 0 Å². The average molecular weight is 327 g/mol. The molecule has 0 aliphatic heterocycles. The van der Waals surface area contributed by atoms with E-state index in [0.29, 0.717) is 15.7 Å². The molecule has 0 aromatic heterocycles. The highest BCUT2D eigenvalue weighted by Crippen LogP contribution is 2.32. The quantitative estimate of drug-likeness (QED) is 0.472. The molecule has 21 heavy (non-hydrogen) atoms. The van der Waals surface area contributed by atoms with E-state index in [9.17, 15) is 0 Å². The Morgan fingerprint density at radius 3 is 2.19 bits per heavy atom. The van der Waals surface area contributed by atoms with Gasteiger partial charge in [-0.1, -0.05) is 48.5 Å². The van der Waals surface area contributed by atoms with Crippen molar-refractivity contribution in [2.75, 3.05) is 0 Å². The van der Waals surface area contributed by atoms with Gasteiger partial charge in [0.25, 0.3) is 0 Å². The summed E-state index contributed by atoms with van der Waals surface area (Å²) in [6, 6.07) is 5.21. The number of hydrogen-bond donors (Lipinski definition) is 2. The van der Waals surface area contributed by atoms with Crippen LogP contribution in [0, 0.1) is 0 Å². The third kappa shape index (κ3) is 5.21. The smallest absolute Gasteiger partial charge is 0.214 e. The summed E-state index contributed by atoms with van der Waals surface area (Å²) in [6.07, 6.45) is 8.30. The van der Waals surface area contributed by atoms with Gasteiger partial charge in [0.1, 0.15) is 5.69 Å². The van der Waals surface area contributed by atoms with Crippen LogP contribution in [0.2, 0.25) is 10.0 Å². The van der Waals surface area contributed by atoms with E-state index in [0.717, 1.165) is 18.6 Å². The Hall–Kier alpha value is -1.26. The Balaban J connectivity index is 2.03. The van der Waals surface area contributed by atoms with E-state index >= 15 is 0 Å². The summed E-state index contributed by atoms with van der Waals surface area (Å²) in [5, 5.41) is 5.29. The summed E-state index contributed by atoms with van der Waals surface area (Å²) >= 11 is 12.1.